The number of hydrogen-bond donors (Lipinski definition) is 1. The zero-order valence-electron chi connectivity index (χ0n) is 24.8. The molecular weight excluding hydrogens is 544 g/mol. The van der Waals surface area contributed by atoms with Crippen LogP contribution in [0.1, 0.15) is 32.7 Å². The molecule has 2 aromatic carbocycles. The summed E-state index contributed by atoms with van der Waals surface area (Å²) in [6.45, 7) is 13.9. The molecule has 0 bridgehead atoms. The van der Waals surface area contributed by atoms with Crippen molar-refractivity contribution < 1.29 is 9.53 Å². The van der Waals surface area contributed by atoms with Gasteiger partial charge in [0.1, 0.15) is 5.82 Å². The summed E-state index contributed by atoms with van der Waals surface area (Å²) >= 11 is 1.62. The van der Waals surface area contributed by atoms with Crippen molar-refractivity contribution in [2.24, 2.45) is 0 Å². The van der Waals surface area contributed by atoms with Crippen LogP contribution in [0.4, 0.5) is 5.82 Å². The summed E-state index contributed by atoms with van der Waals surface area (Å²) in [5, 5.41) is 3.84. The molecule has 222 valence electrons. The lowest BCUT2D eigenvalue weighted by Crippen LogP contribution is -2.47. The minimum absolute atomic E-state index is 0.0328. The van der Waals surface area contributed by atoms with Crippen LogP contribution in [0, 0.1) is 13.8 Å². The molecule has 1 aromatic heterocycles. The van der Waals surface area contributed by atoms with Gasteiger partial charge in [0.25, 0.3) is 5.91 Å². The molecule has 0 radical (unpaired) electrons. The first-order valence-corrected chi connectivity index (χ1v) is 15.9. The lowest BCUT2D eigenvalue weighted by atomic mass is 10.1. The topological polar surface area (TPSA) is 73.8 Å². The van der Waals surface area contributed by atoms with Crippen molar-refractivity contribution in [3.8, 4) is 0 Å². The normalized spacial score (nSPS) is 16.7. The lowest BCUT2D eigenvalue weighted by molar-refractivity contribution is 0.0383. The molecule has 0 spiro atoms. The van der Waals surface area contributed by atoms with Crippen LogP contribution in [0.5, 0.6) is 0 Å². The predicted molar refractivity (Wildman–Crippen MR) is 171 cm³/mol. The first kappa shape index (κ1) is 30.2. The largest absolute Gasteiger partial charge is 0.379 e. The molecule has 3 aromatic rings. The van der Waals surface area contributed by atoms with Gasteiger partial charge in [0.15, 0.2) is 5.16 Å². The minimum Gasteiger partial charge on any atom is -0.379 e. The maximum atomic E-state index is 12.8. The van der Waals surface area contributed by atoms with E-state index >= 15 is 0 Å². The first-order valence-electron chi connectivity index (χ1n) is 14.9. The van der Waals surface area contributed by atoms with Gasteiger partial charge in [-0.1, -0.05) is 66.4 Å². The highest BCUT2D eigenvalue weighted by molar-refractivity contribution is 7.98. The summed E-state index contributed by atoms with van der Waals surface area (Å²) in [5.41, 5.74) is 5.17. The molecule has 2 aliphatic rings. The van der Waals surface area contributed by atoms with E-state index in [9.17, 15) is 4.79 Å². The fourth-order valence-corrected chi connectivity index (χ4v) is 6.04. The average molecular weight is 587 g/mol. The van der Waals surface area contributed by atoms with E-state index in [1.807, 2.05) is 24.3 Å². The number of aromatic nitrogens is 2. The van der Waals surface area contributed by atoms with E-state index < -0.39 is 0 Å². The number of morpholine rings is 1. The number of hydrogen-bond acceptors (Lipinski definition) is 8. The highest BCUT2D eigenvalue weighted by Gasteiger charge is 2.21. The van der Waals surface area contributed by atoms with Crippen LogP contribution < -0.4 is 10.2 Å². The molecule has 0 saturated carbocycles. The summed E-state index contributed by atoms with van der Waals surface area (Å²) in [4.78, 5) is 29.7. The fourth-order valence-electron chi connectivity index (χ4n) is 5.21. The van der Waals surface area contributed by atoms with Gasteiger partial charge in [0.05, 0.1) is 13.2 Å². The summed E-state index contributed by atoms with van der Waals surface area (Å²) in [7, 11) is 0. The first-order chi connectivity index (χ1) is 20.5. The summed E-state index contributed by atoms with van der Waals surface area (Å²) in [6.07, 6.45) is 4.45. The Morgan fingerprint density at radius 3 is 2.52 bits per heavy atom. The standard InChI is InChI=1S/C33H42N6O2S/c1-26-27(2)35-33(36-31(26)39-18-16-37(17-19-39)14-7-11-28-8-4-3-5-9-28)42-25-29-10-6-12-30(24-29)32(40)34-13-15-38-20-22-41-23-21-38/h3-12,24H,13-23,25H2,1-2H3,(H,34,40)/b11-7+. The third-order valence-electron chi connectivity index (χ3n) is 7.86. The molecule has 1 N–H and O–H groups in total. The summed E-state index contributed by atoms with van der Waals surface area (Å²) < 4.78 is 5.40. The molecule has 42 heavy (non-hydrogen) atoms. The smallest absolute Gasteiger partial charge is 0.251 e. The van der Waals surface area contributed by atoms with Crippen molar-refractivity contribution in [1.82, 2.24) is 25.1 Å². The highest BCUT2D eigenvalue weighted by Crippen LogP contribution is 2.27. The van der Waals surface area contributed by atoms with Crippen LogP contribution in [-0.2, 0) is 10.5 Å². The SMILES string of the molecule is Cc1nc(SCc2cccc(C(=O)NCCN3CCOCC3)c2)nc(N2CCN(C/C=C/c3ccccc3)CC2)c1C. The molecule has 2 saturated heterocycles. The number of rotatable bonds is 11. The maximum absolute atomic E-state index is 12.8. The molecule has 9 heteroatoms. The van der Waals surface area contributed by atoms with Crippen LogP contribution in [0.2, 0.25) is 0 Å². The monoisotopic (exact) mass is 586 g/mol. The number of thioether (sulfide) groups is 1. The van der Waals surface area contributed by atoms with E-state index in [2.05, 4.69) is 76.3 Å². The molecule has 2 fully saturated rings. The number of anilines is 1. The van der Waals surface area contributed by atoms with Crippen LogP contribution >= 0.6 is 11.8 Å². The van der Waals surface area contributed by atoms with Gasteiger partial charge in [-0.25, -0.2) is 9.97 Å². The zero-order chi connectivity index (χ0) is 29.1. The minimum atomic E-state index is -0.0328. The number of nitrogens with zero attached hydrogens (tertiary/aromatic N) is 5. The van der Waals surface area contributed by atoms with Gasteiger partial charge < -0.3 is 15.0 Å². The number of aryl methyl sites for hydroxylation is 1. The predicted octanol–water partition coefficient (Wildman–Crippen LogP) is 4.28. The Morgan fingerprint density at radius 1 is 0.952 bits per heavy atom. The number of carbonyl (C=O) groups excluding carboxylic acids is 1. The molecule has 5 rings (SSSR count). The van der Waals surface area contributed by atoms with Gasteiger partial charge in [-0.3, -0.25) is 14.6 Å². The Balaban J connectivity index is 1.12. The third-order valence-corrected chi connectivity index (χ3v) is 8.78. The number of nitrogens with one attached hydrogen (secondary N) is 1. The number of carbonyl (C=O) groups is 1. The van der Waals surface area contributed by atoms with E-state index in [1.54, 1.807) is 11.8 Å². The van der Waals surface area contributed by atoms with Crippen LogP contribution in [0.25, 0.3) is 6.08 Å². The van der Waals surface area contributed by atoms with E-state index in [0.29, 0.717) is 17.9 Å². The fraction of sp³-hybridized carbons (Fsp3) is 0.424. The van der Waals surface area contributed by atoms with Gasteiger partial charge in [-0.05, 0) is 37.1 Å². The molecule has 8 nitrogen and oxygen atoms in total. The van der Waals surface area contributed by atoms with Gasteiger partial charge in [0, 0.05) is 81.5 Å². The molecule has 1 amide bonds. The second-order valence-corrected chi connectivity index (χ2v) is 11.8. The van der Waals surface area contributed by atoms with Crippen molar-refractivity contribution >= 4 is 29.6 Å². The Labute approximate surface area is 254 Å². The number of piperazine rings is 1. The van der Waals surface area contributed by atoms with E-state index in [-0.39, 0.29) is 5.91 Å². The molecule has 2 aliphatic heterocycles. The summed E-state index contributed by atoms with van der Waals surface area (Å²) in [5.74, 6) is 1.71. The Bertz CT molecular complexity index is 1340. The Morgan fingerprint density at radius 2 is 1.74 bits per heavy atom. The summed E-state index contributed by atoms with van der Waals surface area (Å²) in [6, 6.07) is 18.3. The van der Waals surface area contributed by atoms with Gasteiger partial charge >= 0.3 is 0 Å². The lowest BCUT2D eigenvalue weighted by Gasteiger charge is -2.35. The van der Waals surface area contributed by atoms with Crippen molar-refractivity contribution in [3.63, 3.8) is 0 Å². The van der Waals surface area contributed by atoms with Gasteiger partial charge in [0.2, 0.25) is 0 Å². The van der Waals surface area contributed by atoms with Crippen LogP contribution in [0.3, 0.4) is 0 Å². The second kappa shape index (κ2) is 15.3. The number of ether oxygens (including phenoxy) is 1. The molecule has 3 heterocycles. The molecule has 0 unspecified atom stereocenters. The second-order valence-electron chi connectivity index (χ2n) is 10.8. The Hall–Kier alpha value is -3.24. The number of benzene rings is 2. The maximum Gasteiger partial charge on any atom is 0.251 e. The van der Waals surface area contributed by atoms with Crippen molar-refractivity contribution in [2.75, 3.05) is 77.0 Å². The Kier molecular flexibility index (Phi) is 11.0. The molecular formula is C33H42N6O2S. The van der Waals surface area contributed by atoms with Crippen molar-refractivity contribution in [1.29, 1.82) is 0 Å². The van der Waals surface area contributed by atoms with Crippen molar-refractivity contribution in [2.45, 2.75) is 24.8 Å². The van der Waals surface area contributed by atoms with E-state index in [1.165, 1.54) is 5.56 Å². The zero-order valence-corrected chi connectivity index (χ0v) is 25.6. The van der Waals surface area contributed by atoms with E-state index in [0.717, 1.165) is 93.4 Å². The van der Waals surface area contributed by atoms with Gasteiger partial charge in [-0.2, -0.15) is 0 Å². The van der Waals surface area contributed by atoms with E-state index in [4.69, 9.17) is 14.7 Å². The number of amides is 1. The average Bonchev–Trinajstić information content (AvgIpc) is 3.03. The van der Waals surface area contributed by atoms with Crippen molar-refractivity contribution in [3.05, 3.63) is 88.6 Å². The highest BCUT2D eigenvalue weighted by atomic mass is 32.2. The van der Waals surface area contributed by atoms with Crippen LogP contribution in [0.15, 0.2) is 65.8 Å². The third kappa shape index (κ3) is 8.64. The van der Waals surface area contributed by atoms with Gasteiger partial charge in [-0.15, -0.1) is 0 Å². The molecule has 0 aliphatic carbocycles. The van der Waals surface area contributed by atoms with Crippen LogP contribution in [-0.4, -0.2) is 97.8 Å². The molecule has 0 atom stereocenters. The quantitative estimate of drug-likeness (QED) is 0.264.